The maximum absolute atomic E-state index is 14.7. The normalized spacial score (nSPS) is 23.6. The molecule has 4 aromatic heterocycles. The molecule has 356 valence electrons. The second kappa shape index (κ2) is 16.7. The fourth-order valence-electron chi connectivity index (χ4n) is 10.6. The van der Waals surface area contributed by atoms with E-state index in [1.807, 2.05) is 24.3 Å². The number of carbonyl (C=O) groups excluding carboxylic acids is 2. The maximum atomic E-state index is 14.7. The standard InChI is InChI=1S/2C25H28FN5O3/c2*1-24(17-3-4-17)13-16-11-19(29-23(33)18-14-28-31-8-2-7-27-22(18)31)20(12-21(16)34-24)30-9-5-25(26,15-32)6-10-30/h2*2,7-8,11-12,14,17,32H,3-6,9-10,13,15H2,1H3,(H,29,33)/t2*24-/m10/s1. The first-order chi connectivity index (χ1) is 32.7. The monoisotopic (exact) mass is 930 g/mol. The molecule has 0 bridgehead atoms. The van der Waals surface area contributed by atoms with Gasteiger partial charge >= 0.3 is 0 Å². The minimum atomic E-state index is -1.56. The number of hydrogen-bond acceptors (Lipinski definition) is 12. The Morgan fingerprint density at radius 1 is 0.662 bits per heavy atom. The lowest BCUT2D eigenvalue weighted by Crippen LogP contribution is -2.44. The molecule has 8 heterocycles. The van der Waals surface area contributed by atoms with Gasteiger partial charge < -0.3 is 40.1 Å². The van der Waals surface area contributed by atoms with Crippen molar-refractivity contribution in [2.24, 2.45) is 11.8 Å². The third-order valence-electron chi connectivity index (χ3n) is 15.1. The van der Waals surface area contributed by atoms with Gasteiger partial charge in [0.15, 0.2) is 11.3 Å². The Morgan fingerprint density at radius 2 is 1.06 bits per heavy atom. The van der Waals surface area contributed by atoms with E-state index in [9.17, 15) is 28.6 Å². The van der Waals surface area contributed by atoms with Gasteiger partial charge in [-0.05, 0) is 75.6 Å². The van der Waals surface area contributed by atoms with Gasteiger partial charge in [-0.1, -0.05) is 0 Å². The van der Waals surface area contributed by atoms with Crippen molar-refractivity contribution in [1.82, 2.24) is 29.2 Å². The predicted molar refractivity (Wildman–Crippen MR) is 250 cm³/mol. The Balaban J connectivity index is 0.000000149. The van der Waals surface area contributed by atoms with Crippen LogP contribution in [0.4, 0.5) is 31.5 Å². The number of aliphatic hydroxyl groups is 2. The first-order valence-electron chi connectivity index (χ1n) is 23.8. The van der Waals surface area contributed by atoms with E-state index in [0.29, 0.717) is 71.8 Å². The van der Waals surface area contributed by atoms with Crippen LogP contribution in [0.1, 0.15) is 97.1 Å². The van der Waals surface area contributed by atoms with Crippen LogP contribution in [-0.4, -0.2) is 113 Å². The highest BCUT2D eigenvalue weighted by Gasteiger charge is 2.49. The van der Waals surface area contributed by atoms with Gasteiger partial charge in [-0.15, -0.1) is 0 Å². The summed E-state index contributed by atoms with van der Waals surface area (Å²) in [6.07, 6.45) is 17.0. The van der Waals surface area contributed by atoms with Gasteiger partial charge in [-0.2, -0.15) is 10.2 Å². The molecule has 2 atom stereocenters. The number of nitrogens with one attached hydrogen (secondary N) is 2. The molecule has 0 unspecified atom stereocenters. The van der Waals surface area contributed by atoms with Crippen molar-refractivity contribution in [3.05, 3.63) is 95.8 Å². The first-order valence-corrected chi connectivity index (χ1v) is 23.8. The lowest BCUT2D eigenvalue weighted by molar-refractivity contribution is 0.0481. The highest BCUT2D eigenvalue weighted by molar-refractivity contribution is 6.10. The van der Waals surface area contributed by atoms with Crippen molar-refractivity contribution >= 4 is 45.9 Å². The van der Waals surface area contributed by atoms with Gasteiger partial charge in [0.05, 0.1) is 48.4 Å². The van der Waals surface area contributed by atoms with Crippen molar-refractivity contribution in [2.45, 2.75) is 101 Å². The Bertz CT molecular complexity index is 2720. The molecule has 12 rings (SSSR count). The topological polar surface area (TPSA) is 184 Å². The van der Waals surface area contributed by atoms with Crippen LogP contribution < -0.4 is 29.9 Å². The molecule has 2 aromatic carbocycles. The van der Waals surface area contributed by atoms with Crippen molar-refractivity contribution < 1.29 is 38.1 Å². The number of ether oxygens (including phenoxy) is 2. The molecule has 0 radical (unpaired) electrons. The van der Waals surface area contributed by atoms with E-state index in [1.165, 1.54) is 38.1 Å². The summed E-state index contributed by atoms with van der Waals surface area (Å²) in [7, 11) is 0. The minimum absolute atomic E-state index is 0.221. The Kier molecular flexibility index (Phi) is 10.8. The minimum Gasteiger partial charge on any atom is -0.487 e. The van der Waals surface area contributed by atoms with E-state index in [4.69, 9.17) is 9.47 Å². The van der Waals surface area contributed by atoms with Gasteiger partial charge in [-0.3, -0.25) is 9.59 Å². The maximum Gasteiger partial charge on any atom is 0.261 e. The number of amides is 2. The lowest BCUT2D eigenvalue weighted by atomic mass is 9.92. The quantitative estimate of drug-likeness (QED) is 0.113. The smallest absolute Gasteiger partial charge is 0.261 e. The highest BCUT2D eigenvalue weighted by atomic mass is 19.1. The number of fused-ring (bicyclic) bond motifs is 4. The summed E-state index contributed by atoms with van der Waals surface area (Å²) in [4.78, 5) is 39.2. The van der Waals surface area contributed by atoms with Crippen LogP contribution in [0.15, 0.2) is 73.6 Å². The fraction of sp³-hybridized carbons (Fsp3) is 0.480. The third kappa shape index (κ3) is 8.24. The summed E-state index contributed by atoms with van der Waals surface area (Å²) in [6.45, 7) is 5.14. The van der Waals surface area contributed by atoms with Crippen LogP contribution in [0, 0.1) is 11.8 Å². The fourth-order valence-corrected chi connectivity index (χ4v) is 10.6. The molecule has 2 saturated carbocycles. The number of aromatic nitrogens is 6. The molecular weight excluding hydrogens is 875 g/mol. The number of nitrogens with zero attached hydrogens (tertiary/aromatic N) is 8. The van der Waals surface area contributed by atoms with E-state index in [-0.39, 0.29) is 48.7 Å². The van der Waals surface area contributed by atoms with Crippen LogP contribution >= 0.6 is 0 Å². The molecule has 6 aliphatic rings. The molecule has 4 aliphatic heterocycles. The number of aliphatic hydroxyl groups excluding tert-OH is 2. The van der Waals surface area contributed by atoms with E-state index < -0.39 is 24.6 Å². The van der Waals surface area contributed by atoms with E-state index in [1.54, 1.807) is 46.0 Å². The van der Waals surface area contributed by atoms with Gasteiger partial charge in [0.25, 0.3) is 11.8 Å². The highest BCUT2D eigenvalue weighted by Crippen LogP contribution is 2.52. The molecule has 4 N–H and O–H groups in total. The number of alkyl halides is 2. The Hall–Kier alpha value is -6.40. The molecule has 68 heavy (non-hydrogen) atoms. The van der Waals surface area contributed by atoms with Gasteiger partial charge in [0.1, 0.15) is 45.2 Å². The number of halogens is 2. The van der Waals surface area contributed by atoms with Crippen molar-refractivity contribution in [2.75, 3.05) is 59.8 Å². The molecule has 6 aromatic rings. The zero-order valence-electron chi connectivity index (χ0n) is 38.3. The van der Waals surface area contributed by atoms with Crippen LogP contribution in [0.5, 0.6) is 11.5 Å². The molecular formula is C50H56F2N10O6. The number of carbonyl (C=O) groups is 2. The number of rotatable bonds is 10. The summed E-state index contributed by atoms with van der Waals surface area (Å²) < 4.78 is 45.3. The van der Waals surface area contributed by atoms with Gasteiger partial charge in [-0.25, -0.2) is 27.8 Å². The third-order valence-corrected chi connectivity index (χ3v) is 15.1. The zero-order chi connectivity index (χ0) is 47.0. The average Bonchev–Trinajstić information content (AvgIpc) is 4.25. The Morgan fingerprint density at radius 3 is 1.43 bits per heavy atom. The SMILES string of the molecule is C[C@@]1(C2CC2)Cc2cc(NC(=O)c3cnn4cccnc34)c(N3CCC(F)(CO)CC3)cc2O1.C[C@]1(C2CC2)Cc2cc(NC(=O)c3cnn4cccnc34)c(N3CCC(F)(CO)CC3)cc2O1. The largest absolute Gasteiger partial charge is 0.487 e. The van der Waals surface area contributed by atoms with Crippen LogP contribution in [0.2, 0.25) is 0 Å². The van der Waals surface area contributed by atoms with Crippen LogP contribution in [-0.2, 0) is 12.8 Å². The molecule has 2 aliphatic carbocycles. The summed E-state index contributed by atoms with van der Waals surface area (Å²) in [5.41, 5.74) is 3.25. The average molecular weight is 931 g/mol. The van der Waals surface area contributed by atoms with Gasteiger partial charge in [0, 0.05) is 113 Å². The van der Waals surface area contributed by atoms with E-state index in [0.717, 1.165) is 46.8 Å². The van der Waals surface area contributed by atoms with Crippen LogP contribution in [0.25, 0.3) is 11.3 Å². The molecule has 16 nitrogen and oxygen atoms in total. The summed E-state index contributed by atoms with van der Waals surface area (Å²) >= 11 is 0. The Labute approximate surface area is 391 Å². The molecule has 2 amide bonds. The summed E-state index contributed by atoms with van der Waals surface area (Å²) in [5, 5.41) is 33.4. The summed E-state index contributed by atoms with van der Waals surface area (Å²) in [6, 6.07) is 11.5. The summed E-state index contributed by atoms with van der Waals surface area (Å²) in [5.74, 6) is 2.17. The lowest BCUT2D eigenvalue weighted by Gasteiger charge is -2.37. The van der Waals surface area contributed by atoms with Crippen molar-refractivity contribution in [1.29, 1.82) is 0 Å². The molecule has 2 saturated heterocycles. The number of benzene rings is 2. The predicted octanol–water partition coefficient (Wildman–Crippen LogP) is 6.77. The molecule has 4 fully saturated rings. The van der Waals surface area contributed by atoms with E-state index in [2.05, 4.69) is 54.4 Å². The molecule has 0 spiro atoms. The van der Waals surface area contributed by atoms with E-state index >= 15 is 0 Å². The van der Waals surface area contributed by atoms with Crippen LogP contribution in [0.3, 0.4) is 0 Å². The second-order valence-electron chi connectivity index (χ2n) is 20.1. The number of hydrogen-bond donors (Lipinski definition) is 4. The molecule has 18 heteroatoms. The van der Waals surface area contributed by atoms with Crippen molar-refractivity contribution in [3.63, 3.8) is 0 Å². The first kappa shape index (κ1) is 44.1. The second-order valence-corrected chi connectivity index (χ2v) is 20.1. The zero-order valence-corrected chi connectivity index (χ0v) is 38.3. The number of piperidine rings is 2. The van der Waals surface area contributed by atoms with Crippen molar-refractivity contribution in [3.8, 4) is 11.5 Å². The van der Waals surface area contributed by atoms with Gasteiger partial charge in [0.2, 0.25) is 0 Å². The number of anilines is 4.